The van der Waals surface area contributed by atoms with Crippen LogP contribution in [0.2, 0.25) is 0 Å². The van der Waals surface area contributed by atoms with Gasteiger partial charge in [-0.25, -0.2) is 0 Å². The van der Waals surface area contributed by atoms with Crippen LogP contribution in [-0.2, 0) is 22.4 Å². The zero-order chi connectivity index (χ0) is 21.3. The molecule has 1 fully saturated rings. The van der Waals surface area contributed by atoms with Crippen LogP contribution in [0.5, 0.6) is 0 Å². The molecule has 5 nitrogen and oxygen atoms in total. The fourth-order valence-corrected chi connectivity index (χ4v) is 4.41. The fourth-order valence-electron chi connectivity index (χ4n) is 4.41. The lowest BCUT2D eigenvalue weighted by Crippen LogP contribution is -2.30. The van der Waals surface area contributed by atoms with E-state index in [1.165, 1.54) is 4.90 Å². The summed E-state index contributed by atoms with van der Waals surface area (Å²) in [6.45, 7) is 4.13. The second kappa shape index (κ2) is 8.27. The summed E-state index contributed by atoms with van der Waals surface area (Å²) in [4.78, 5) is 39.6. The zero-order valence-corrected chi connectivity index (χ0v) is 17.4. The van der Waals surface area contributed by atoms with Gasteiger partial charge in [-0.3, -0.25) is 19.3 Å². The van der Waals surface area contributed by atoms with E-state index in [1.807, 2.05) is 30.4 Å². The zero-order valence-electron chi connectivity index (χ0n) is 17.4. The number of imide groups is 1. The van der Waals surface area contributed by atoms with Crippen molar-refractivity contribution in [3.63, 3.8) is 0 Å². The summed E-state index contributed by atoms with van der Waals surface area (Å²) in [5.74, 6) is -1.01. The SMILES string of the molecule is CCc1cccc(CC)c1NC(=O)c1ccc(N2C(=O)[C@H]3CC=CC[C@H]3C2=O)cc1. The Bertz CT molecular complexity index is 975. The Balaban J connectivity index is 1.54. The van der Waals surface area contributed by atoms with Crippen molar-refractivity contribution in [1.29, 1.82) is 0 Å². The van der Waals surface area contributed by atoms with Gasteiger partial charge >= 0.3 is 0 Å². The molecule has 0 bridgehead atoms. The molecule has 0 saturated carbocycles. The number of nitrogens with one attached hydrogen (secondary N) is 1. The average Bonchev–Trinajstić information content (AvgIpc) is 3.04. The quantitative estimate of drug-likeness (QED) is 0.591. The number of anilines is 2. The lowest BCUT2D eigenvalue weighted by molar-refractivity contribution is -0.122. The Kier molecular flexibility index (Phi) is 5.53. The lowest BCUT2D eigenvalue weighted by Gasteiger charge is -2.16. The highest BCUT2D eigenvalue weighted by molar-refractivity contribution is 6.22. The summed E-state index contributed by atoms with van der Waals surface area (Å²) >= 11 is 0. The van der Waals surface area contributed by atoms with Crippen molar-refractivity contribution in [2.24, 2.45) is 11.8 Å². The summed E-state index contributed by atoms with van der Waals surface area (Å²) < 4.78 is 0. The van der Waals surface area contributed by atoms with Gasteiger partial charge in [-0.05, 0) is 61.1 Å². The number of allylic oxidation sites excluding steroid dienone is 2. The minimum atomic E-state index is -0.261. The van der Waals surface area contributed by atoms with Crippen molar-refractivity contribution in [2.75, 3.05) is 10.2 Å². The molecule has 1 saturated heterocycles. The number of aryl methyl sites for hydroxylation is 2. The van der Waals surface area contributed by atoms with Crippen LogP contribution >= 0.6 is 0 Å². The highest BCUT2D eigenvalue weighted by Gasteiger charge is 2.47. The number of para-hydroxylation sites is 1. The summed E-state index contributed by atoms with van der Waals surface area (Å²) in [5, 5.41) is 3.05. The largest absolute Gasteiger partial charge is 0.321 e. The minimum absolute atomic E-state index is 0.143. The molecule has 0 radical (unpaired) electrons. The predicted octanol–water partition coefficient (Wildman–Crippen LogP) is 4.52. The highest BCUT2D eigenvalue weighted by Crippen LogP contribution is 2.37. The predicted molar refractivity (Wildman–Crippen MR) is 117 cm³/mol. The van der Waals surface area contributed by atoms with Gasteiger partial charge in [0, 0.05) is 11.3 Å². The van der Waals surface area contributed by atoms with E-state index in [4.69, 9.17) is 0 Å². The van der Waals surface area contributed by atoms with Crippen molar-refractivity contribution in [3.05, 3.63) is 71.3 Å². The van der Waals surface area contributed by atoms with Gasteiger partial charge in [-0.1, -0.05) is 44.2 Å². The van der Waals surface area contributed by atoms with Crippen LogP contribution in [0.1, 0.15) is 48.2 Å². The molecule has 4 rings (SSSR count). The molecule has 1 aliphatic heterocycles. The maximum absolute atomic E-state index is 12.8. The van der Waals surface area contributed by atoms with Crippen molar-refractivity contribution in [3.8, 4) is 0 Å². The number of nitrogens with zero attached hydrogens (tertiary/aromatic N) is 1. The third-order valence-corrected chi connectivity index (χ3v) is 6.13. The maximum atomic E-state index is 12.8. The number of amides is 3. The first kappa shape index (κ1) is 20.1. The van der Waals surface area contributed by atoms with Gasteiger partial charge in [0.2, 0.25) is 11.8 Å². The highest BCUT2D eigenvalue weighted by atomic mass is 16.2. The van der Waals surface area contributed by atoms with E-state index in [2.05, 4.69) is 19.2 Å². The van der Waals surface area contributed by atoms with Crippen molar-refractivity contribution >= 4 is 29.1 Å². The number of hydrogen-bond acceptors (Lipinski definition) is 3. The molecule has 3 amide bonds. The normalized spacial score (nSPS) is 20.4. The van der Waals surface area contributed by atoms with Crippen LogP contribution in [0.15, 0.2) is 54.6 Å². The molecule has 30 heavy (non-hydrogen) atoms. The first-order valence-electron chi connectivity index (χ1n) is 10.6. The van der Waals surface area contributed by atoms with E-state index in [9.17, 15) is 14.4 Å². The molecular weight excluding hydrogens is 376 g/mol. The molecule has 5 heteroatoms. The third kappa shape index (κ3) is 3.45. The number of fused-ring (bicyclic) bond motifs is 1. The van der Waals surface area contributed by atoms with Gasteiger partial charge in [0.05, 0.1) is 17.5 Å². The van der Waals surface area contributed by atoms with Gasteiger partial charge in [0.1, 0.15) is 0 Å². The Morgan fingerprint density at radius 1 is 0.900 bits per heavy atom. The summed E-state index contributed by atoms with van der Waals surface area (Å²) in [7, 11) is 0. The van der Waals surface area contributed by atoms with E-state index in [0.29, 0.717) is 24.1 Å². The summed E-state index contributed by atoms with van der Waals surface area (Å²) in [6.07, 6.45) is 6.84. The van der Waals surface area contributed by atoms with E-state index in [-0.39, 0.29) is 29.6 Å². The minimum Gasteiger partial charge on any atom is -0.321 e. The van der Waals surface area contributed by atoms with Crippen molar-refractivity contribution in [1.82, 2.24) is 0 Å². The molecular formula is C25H26N2O3. The van der Waals surface area contributed by atoms with E-state index in [1.54, 1.807) is 24.3 Å². The molecule has 1 aliphatic carbocycles. The summed E-state index contributed by atoms with van der Waals surface area (Å²) in [6, 6.07) is 12.8. The second-order valence-electron chi connectivity index (χ2n) is 7.83. The Hall–Kier alpha value is -3.21. The topological polar surface area (TPSA) is 66.5 Å². The molecule has 2 aromatic rings. The van der Waals surface area contributed by atoms with Crippen LogP contribution in [0.3, 0.4) is 0 Å². The number of rotatable bonds is 5. The molecule has 1 heterocycles. The van der Waals surface area contributed by atoms with Crippen LogP contribution < -0.4 is 10.2 Å². The smallest absolute Gasteiger partial charge is 0.255 e. The molecule has 0 aromatic heterocycles. The van der Waals surface area contributed by atoms with Crippen LogP contribution in [0.4, 0.5) is 11.4 Å². The fraction of sp³-hybridized carbons (Fsp3) is 0.320. The van der Waals surface area contributed by atoms with Gasteiger partial charge in [-0.2, -0.15) is 0 Å². The third-order valence-electron chi connectivity index (χ3n) is 6.13. The van der Waals surface area contributed by atoms with Crippen LogP contribution in [0.25, 0.3) is 0 Å². The monoisotopic (exact) mass is 402 g/mol. The molecule has 2 atom stereocenters. The Morgan fingerprint density at radius 3 is 1.93 bits per heavy atom. The average molecular weight is 402 g/mol. The van der Waals surface area contributed by atoms with Gasteiger partial charge in [0.25, 0.3) is 5.91 Å². The maximum Gasteiger partial charge on any atom is 0.255 e. The van der Waals surface area contributed by atoms with Crippen LogP contribution in [-0.4, -0.2) is 17.7 Å². The number of carbonyl (C=O) groups is 3. The molecule has 154 valence electrons. The van der Waals surface area contributed by atoms with E-state index < -0.39 is 0 Å². The first-order valence-corrected chi connectivity index (χ1v) is 10.6. The van der Waals surface area contributed by atoms with E-state index in [0.717, 1.165) is 29.7 Å². The molecule has 2 aliphatic rings. The van der Waals surface area contributed by atoms with Crippen molar-refractivity contribution < 1.29 is 14.4 Å². The van der Waals surface area contributed by atoms with Crippen molar-refractivity contribution in [2.45, 2.75) is 39.5 Å². The van der Waals surface area contributed by atoms with Crippen LogP contribution in [0, 0.1) is 11.8 Å². The van der Waals surface area contributed by atoms with Gasteiger partial charge < -0.3 is 5.32 Å². The number of benzene rings is 2. The Labute approximate surface area is 176 Å². The standard InChI is InChI=1S/C25H26N2O3/c1-3-16-8-7-9-17(4-2)22(16)26-23(28)18-12-14-19(15-13-18)27-24(29)20-10-5-6-11-21(20)25(27)30/h5-9,12-15,20-21H,3-4,10-11H2,1-2H3,(H,26,28)/t20-,21+. The molecule has 1 N–H and O–H groups in total. The molecule has 0 unspecified atom stereocenters. The lowest BCUT2D eigenvalue weighted by atomic mass is 9.85. The number of carbonyl (C=O) groups excluding carboxylic acids is 3. The van der Waals surface area contributed by atoms with Gasteiger partial charge in [-0.15, -0.1) is 0 Å². The number of hydrogen-bond donors (Lipinski definition) is 1. The van der Waals surface area contributed by atoms with Gasteiger partial charge in [0.15, 0.2) is 0 Å². The molecule has 0 spiro atoms. The molecule has 2 aromatic carbocycles. The van der Waals surface area contributed by atoms with E-state index >= 15 is 0 Å². The Morgan fingerprint density at radius 2 is 1.43 bits per heavy atom. The summed E-state index contributed by atoms with van der Waals surface area (Å²) in [5.41, 5.74) is 4.09. The second-order valence-corrected chi connectivity index (χ2v) is 7.83. The first-order chi connectivity index (χ1) is 14.5.